The van der Waals surface area contributed by atoms with Gasteiger partial charge < -0.3 is 10.2 Å². The van der Waals surface area contributed by atoms with Crippen LogP contribution in [0.5, 0.6) is 0 Å². The van der Waals surface area contributed by atoms with E-state index in [1.165, 1.54) is 24.4 Å². The molecule has 0 unspecified atom stereocenters. The van der Waals surface area contributed by atoms with Crippen LogP contribution in [0.15, 0.2) is 47.8 Å². The van der Waals surface area contributed by atoms with E-state index in [-0.39, 0.29) is 23.6 Å². The fourth-order valence-electron chi connectivity index (χ4n) is 3.19. The first-order valence-corrected chi connectivity index (χ1v) is 9.59. The second kappa shape index (κ2) is 7.88. The molecule has 0 radical (unpaired) electrons. The Morgan fingerprint density at radius 3 is 2.41 bits per heavy atom. The van der Waals surface area contributed by atoms with E-state index in [4.69, 9.17) is 4.84 Å². The molecule has 2 aromatic heterocycles. The minimum Gasteiger partial charge on any atom is -0.389 e. The third-order valence-corrected chi connectivity index (χ3v) is 4.79. The fourth-order valence-corrected chi connectivity index (χ4v) is 3.19. The molecule has 4 rings (SSSR count). The van der Waals surface area contributed by atoms with Gasteiger partial charge >= 0.3 is 6.18 Å². The second-order valence-corrected chi connectivity index (χ2v) is 7.85. The Morgan fingerprint density at radius 1 is 1.12 bits per heavy atom. The number of aromatic nitrogens is 3. The highest BCUT2D eigenvalue weighted by atomic mass is 19.4. The highest BCUT2D eigenvalue weighted by Gasteiger charge is 2.39. The molecule has 3 aromatic rings. The first kappa shape index (κ1) is 21.7. The van der Waals surface area contributed by atoms with E-state index in [1.807, 2.05) is 0 Å². The third-order valence-electron chi connectivity index (χ3n) is 4.79. The van der Waals surface area contributed by atoms with E-state index in [0.29, 0.717) is 22.5 Å². The zero-order valence-corrected chi connectivity index (χ0v) is 17.0. The topological polar surface area (TPSA) is 64.3 Å². The van der Waals surface area contributed by atoms with Crippen LogP contribution in [0, 0.1) is 11.6 Å². The summed E-state index contributed by atoms with van der Waals surface area (Å²) < 4.78 is 69.0. The zero-order valence-electron chi connectivity index (χ0n) is 17.0. The molecule has 32 heavy (non-hydrogen) atoms. The van der Waals surface area contributed by atoms with Crippen molar-refractivity contribution in [1.82, 2.24) is 14.8 Å². The molecule has 168 valence electrons. The summed E-state index contributed by atoms with van der Waals surface area (Å²) in [5.41, 5.74) is -1.07. The van der Waals surface area contributed by atoms with Crippen LogP contribution in [-0.2, 0) is 17.6 Å². The van der Waals surface area contributed by atoms with Gasteiger partial charge in [-0.15, -0.1) is 0 Å². The summed E-state index contributed by atoms with van der Waals surface area (Å²) in [5.74, 6) is -1.49. The number of hydrogen-bond donors (Lipinski definition) is 1. The average Bonchev–Trinajstić information content (AvgIpc) is 3.31. The number of halogens is 5. The van der Waals surface area contributed by atoms with E-state index in [0.717, 1.165) is 18.2 Å². The van der Waals surface area contributed by atoms with Crippen LogP contribution in [-0.4, -0.2) is 26.1 Å². The maximum Gasteiger partial charge on any atom is 0.433 e. The molecule has 0 bridgehead atoms. The number of rotatable bonds is 5. The van der Waals surface area contributed by atoms with Gasteiger partial charge in [-0.25, -0.2) is 18.4 Å². The molecule has 1 N–H and O–H groups in total. The van der Waals surface area contributed by atoms with Gasteiger partial charge in [0.2, 0.25) is 0 Å². The largest absolute Gasteiger partial charge is 0.433 e. The molecule has 0 saturated heterocycles. The molecule has 1 aliphatic rings. The highest BCUT2D eigenvalue weighted by molar-refractivity contribution is 6.00. The van der Waals surface area contributed by atoms with Crippen molar-refractivity contribution in [2.75, 3.05) is 5.32 Å². The van der Waals surface area contributed by atoms with Gasteiger partial charge in [0.1, 0.15) is 28.6 Å². The molecule has 1 aromatic carbocycles. The van der Waals surface area contributed by atoms with Gasteiger partial charge in [-0.05, 0) is 44.2 Å². The molecule has 0 amide bonds. The van der Waals surface area contributed by atoms with E-state index < -0.39 is 29.1 Å². The summed E-state index contributed by atoms with van der Waals surface area (Å²) in [4.78, 5) is 9.25. The lowest BCUT2D eigenvalue weighted by Crippen LogP contribution is -2.19. The Kier molecular flexibility index (Phi) is 5.35. The lowest BCUT2D eigenvalue weighted by molar-refractivity contribution is -0.142. The predicted molar refractivity (Wildman–Crippen MR) is 106 cm³/mol. The number of oxime groups is 1. The molecule has 0 atom stereocenters. The Bertz CT molecular complexity index is 1150. The number of pyridine rings is 1. The average molecular weight is 451 g/mol. The Morgan fingerprint density at radius 2 is 1.84 bits per heavy atom. The van der Waals surface area contributed by atoms with Gasteiger partial charge in [-0.2, -0.15) is 18.3 Å². The minimum atomic E-state index is -4.68. The number of nitrogens with one attached hydrogen (secondary N) is 1. The quantitative estimate of drug-likeness (QED) is 0.550. The molecule has 6 nitrogen and oxygen atoms in total. The standard InChI is InChI=1S/C21H18F5N5O/c1-20(2)9-17(30-32-20)16-8-18(21(24,25)26)31(29-16)19-7-6-12(10-28-19)27-11-13-14(22)4-3-5-15(13)23/h3-8,10,27H,9,11H2,1-2H3. The molecule has 0 fully saturated rings. The van der Waals surface area contributed by atoms with E-state index in [2.05, 4.69) is 20.6 Å². The molecule has 1 aliphatic heterocycles. The van der Waals surface area contributed by atoms with Crippen LogP contribution in [0.3, 0.4) is 0 Å². The van der Waals surface area contributed by atoms with Crippen LogP contribution in [0.2, 0.25) is 0 Å². The van der Waals surface area contributed by atoms with Gasteiger partial charge in [0, 0.05) is 18.5 Å². The second-order valence-electron chi connectivity index (χ2n) is 7.85. The van der Waals surface area contributed by atoms with Gasteiger partial charge in [0.15, 0.2) is 11.5 Å². The summed E-state index contributed by atoms with van der Waals surface area (Å²) >= 11 is 0. The summed E-state index contributed by atoms with van der Waals surface area (Å²) in [6.07, 6.45) is -3.11. The van der Waals surface area contributed by atoms with Crippen LogP contribution in [0.1, 0.15) is 37.2 Å². The summed E-state index contributed by atoms with van der Waals surface area (Å²) in [7, 11) is 0. The smallest absolute Gasteiger partial charge is 0.389 e. The molecular weight excluding hydrogens is 433 g/mol. The minimum absolute atomic E-state index is 0.0435. The van der Waals surface area contributed by atoms with Gasteiger partial charge in [-0.1, -0.05) is 11.2 Å². The predicted octanol–water partition coefficient (Wildman–Crippen LogP) is 5.08. The summed E-state index contributed by atoms with van der Waals surface area (Å²) in [5, 5.41) is 10.7. The fraction of sp³-hybridized carbons (Fsp3) is 0.286. The van der Waals surface area contributed by atoms with Crippen molar-refractivity contribution >= 4 is 11.4 Å². The van der Waals surface area contributed by atoms with Gasteiger partial charge in [-0.3, -0.25) is 0 Å². The van der Waals surface area contributed by atoms with Crippen LogP contribution in [0.25, 0.3) is 5.82 Å². The van der Waals surface area contributed by atoms with Gasteiger partial charge in [0.05, 0.1) is 11.9 Å². The van der Waals surface area contributed by atoms with Crippen molar-refractivity contribution in [3.8, 4) is 5.82 Å². The van der Waals surface area contributed by atoms with Crippen molar-refractivity contribution in [1.29, 1.82) is 0 Å². The number of alkyl halides is 3. The van der Waals surface area contributed by atoms with Crippen molar-refractivity contribution in [3.63, 3.8) is 0 Å². The summed E-state index contributed by atoms with van der Waals surface area (Å²) in [6, 6.07) is 7.20. The molecule has 3 heterocycles. The molecule has 0 aliphatic carbocycles. The molecule has 0 saturated carbocycles. The van der Waals surface area contributed by atoms with Crippen LogP contribution in [0.4, 0.5) is 27.6 Å². The van der Waals surface area contributed by atoms with Crippen molar-refractivity contribution in [3.05, 3.63) is 71.2 Å². The number of hydrogen-bond acceptors (Lipinski definition) is 5. The van der Waals surface area contributed by atoms with Crippen molar-refractivity contribution in [2.24, 2.45) is 5.16 Å². The van der Waals surface area contributed by atoms with Crippen molar-refractivity contribution in [2.45, 2.75) is 38.6 Å². The SMILES string of the molecule is CC1(C)CC(c2cc(C(F)(F)F)n(-c3ccc(NCc4c(F)cccc4F)cn3)n2)=NO1. The van der Waals surface area contributed by atoms with Gasteiger partial charge in [0.25, 0.3) is 0 Å². The Balaban J connectivity index is 1.58. The normalized spacial score (nSPS) is 15.4. The first-order valence-electron chi connectivity index (χ1n) is 9.59. The first-order chi connectivity index (χ1) is 15.0. The highest BCUT2D eigenvalue weighted by Crippen LogP contribution is 2.33. The van der Waals surface area contributed by atoms with E-state index >= 15 is 0 Å². The number of nitrogens with zero attached hydrogens (tertiary/aromatic N) is 4. The van der Waals surface area contributed by atoms with E-state index in [9.17, 15) is 22.0 Å². The van der Waals surface area contributed by atoms with Crippen LogP contribution >= 0.6 is 0 Å². The summed E-state index contributed by atoms with van der Waals surface area (Å²) in [6.45, 7) is 3.38. The maximum atomic E-state index is 13.7. The van der Waals surface area contributed by atoms with E-state index in [1.54, 1.807) is 13.8 Å². The zero-order chi connectivity index (χ0) is 23.1. The monoisotopic (exact) mass is 451 g/mol. The third kappa shape index (κ3) is 4.41. The Hall–Kier alpha value is -3.50. The lowest BCUT2D eigenvalue weighted by atomic mass is 10.0. The molecule has 0 spiro atoms. The molecule has 11 heteroatoms. The van der Waals surface area contributed by atoms with Crippen molar-refractivity contribution < 1.29 is 26.8 Å². The number of anilines is 1. The number of benzene rings is 1. The van der Waals surface area contributed by atoms with Crippen LogP contribution < -0.4 is 5.32 Å². The Labute approximate surface area is 179 Å². The molecular formula is C21H18F5N5O. The lowest BCUT2D eigenvalue weighted by Gasteiger charge is -2.12. The maximum absolute atomic E-state index is 13.7.